The van der Waals surface area contributed by atoms with Crippen LogP contribution in [0.5, 0.6) is 0 Å². The van der Waals surface area contributed by atoms with Crippen molar-refractivity contribution in [2.24, 2.45) is 0 Å². The summed E-state index contributed by atoms with van der Waals surface area (Å²) in [5.74, 6) is 0. The van der Waals surface area contributed by atoms with Crippen molar-refractivity contribution in [1.29, 1.82) is 5.26 Å². The molecule has 1 N–H and O–H groups in total. The summed E-state index contributed by atoms with van der Waals surface area (Å²) in [4.78, 5) is 7.71. The van der Waals surface area contributed by atoms with E-state index in [9.17, 15) is 0 Å². The molecule has 1 aromatic carbocycles. The Kier molecular flexibility index (Phi) is 2.67. The van der Waals surface area contributed by atoms with E-state index < -0.39 is 0 Å². The summed E-state index contributed by atoms with van der Waals surface area (Å²) in [6.07, 6.45) is 1.88. The van der Waals surface area contributed by atoms with Crippen molar-refractivity contribution in [3.8, 4) is 28.0 Å². The zero-order chi connectivity index (χ0) is 12.4. The number of hydrogen-bond acceptors (Lipinski definition) is 3. The van der Waals surface area contributed by atoms with Gasteiger partial charge in [0, 0.05) is 17.1 Å². The van der Waals surface area contributed by atoms with Gasteiger partial charge in [0.2, 0.25) is 0 Å². The molecule has 3 aromatic rings. The lowest BCUT2D eigenvalue weighted by molar-refractivity contribution is 1.34. The minimum absolute atomic E-state index is 0.655. The third kappa shape index (κ3) is 1.92. The second-order valence-electron chi connectivity index (χ2n) is 3.81. The number of H-pyrrole nitrogens is 1. The van der Waals surface area contributed by atoms with Crippen molar-refractivity contribution in [2.75, 3.05) is 0 Å². The van der Waals surface area contributed by atoms with Gasteiger partial charge in [-0.05, 0) is 24.3 Å². The van der Waals surface area contributed by atoms with Crippen LogP contribution >= 0.6 is 11.3 Å². The van der Waals surface area contributed by atoms with E-state index >= 15 is 0 Å². The molecule has 0 saturated carbocycles. The van der Waals surface area contributed by atoms with Gasteiger partial charge >= 0.3 is 0 Å². The fourth-order valence-corrected chi connectivity index (χ4v) is 2.56. The maximum absolute atomic E-state index is 8.89. The third-order valence-electron chi connectivity index (χ3n) is 2.62. The summed E-state index contributed by atoms with van der Waals surface area (Å²) < 4.78 is 0. The quantitative estimate of drug-likeness (QED) is 0.755. The average Bonchev–Trinajstić information content (AvgIpc) is 3.09. The molecular weight excluding hydrogens is 242 g/mol. The predicted octanol–water partition coefficient (Wildman–Crippen LogP) is 3.68. The lowest BCUT2D eigenvalue weighted by Crippen LogP contribution is -1.81. The first-order valence-electron chi connectivity index (χ1n) is 5.46. The van der Waals surface area contributed by atoms with E-state index in [2.05, 4.69) is 16.0 Å². The number of hydrogen-bond donors (Lipinski definition) is 1. The number of nitriles is 1. The van der Waals surface area contributed by atoms with Gasteiger partial charge in [0.05, 0.1) is 23.0 Å². The van der Waals surface area contributed by atoms with Crippen molar-refractivity contribution in [3.63, 3.8) is 0 Å². The lowest BCUT2D eigenvalue weighted by atomic mass is 10.1. The molecule has 0 unspecified atom stereocenters. The number of thiazole rings is 1. The predicted molar refractivity (Wildman–Crippen MR) is 72.1 cm³/mol. The van der Waals surface area contributed by atoms with Crippen LogP contribution in [0.2, 0.25) is 0 Å². The van der Waals surface area contributed by atoms with E-state index in [0.717, 1.165) is 22.0 Å². The van der Waals surface area contributed by atoms with Crippen LogP contribution < -0.4 is 0 Å². The number of nitrogens with one attached hydrogen (secondary N) is 1. The molecule has 86 valence electrons. The van der Waals surface area contributed by atoms with Crippen LogP contribution in [-0.2, 0) is 0 Å². The van der Waals surface area contributed by atoms with Crippen molar-refractivity contribution in [2.45, 2.75) is 0 Å². The number of nitrogens with zero attached hydrogens (tertiary/aromatic N) is 2. The molecule has 0 amide bonds. The maximum Gasteiger partial charge on any atom is 0.140 e. The highest BCUT2D eigenvalue weighted by Gasteiger charge is 2.07. The fourth-order valence-electron chi connectivity index (χ4n) is 1.74. The molecule has 0 spiro atoms. The SMILES string of the molecule is N#Cc1cccc(-c2csc(-c3ccc[nH]3)n2)c1. The molecular formula is C14H9N3S. The van der Waals surface area contributed by atoms with Crippen molar-refractivity contribution >= 4 is 11.3 Å². The Hall–Kier alpha value is -2.38. The second-order valence-corrected chi connectivity index (χ2v) is 4.67. The smallest absolute Gasteiger partial charge is 0.140 e. The molecule has 3 nitrogen and oxygen atoms in total. The zero-order valence-corrected chi connectivity index (χ0v) is 10.2. The molecule has 0 fully saturated rings. The van der Waals surface area contributed by atoms with Crippen LogP contribution in [0.25, 0.3) is 22.0 Å². The van der Waals surface area contributed by atoms with Crippen LogP contribution in [0.4, 0.5) is 0 Å². The first-order chi connectivity index (χ1) is 8.86. The van der Waals surface area contributed by atoms with Gasteiger partial charge in [0.15, 0.2) is 0 Å². The van der Waals surface area contributed by atoms with Crippen LogP contribution in [0.3, 0.4) is 0 Å². The number of benzene rings is 1. The molecule has 3 rings (SSSR count). The molecule has 2 aromatic heterocycles. The van der Waals surface area contributed by atoms with Gasteiger partial charge in [0.25, 0.3) is 0 Å². The van der Waals surface area contributed by atoms with Crippen molar-refractivity contribution in [1.82, 2.24) is 9.97 Å². The van der Waals surface area contributed by atoms with Crippen LogP contribution in [0.1, 0.15) is 5.56 Å². The Morgan fingerprint density at radius 2 is 2.17 bits per heavy atom. The maximum atomic E-state index is 8.89. The van der Waals surface area contributed by atoms with E-state index in [1.165, 1.54) is 0 Å². The van der Waals surface area contributed by atoms with Crippen molar-refractivity contribution in [3.05, 3.63) is 53.5 Å². The Bertz CT molecular complexity index is 705. The second kappa shape index (κ2) is 4.47. The third-order valence-corrected chi connectivity index (χ3v) is 3.50. The highest BCUT2D eigenvalue weighted by molar-refractivity contribution is 7.13. The summed E-state index contributed by atoms with van der Waals surface area (Å²) in [6.45, 7) is 0. The molecule has 0 radical (unpaired) electrons. The van der Waals surface area contributed by atoms with E-state index in [4.69, 9.17) is 5.26 Å². The van der Waals surface area contributed by atoms with Gasteiger partial charge < -0.3 is 4.98 Å². The van der Waals surface area contributed by atoms with Crippen LogP contribution in [0.15, 0.2) is 48.0 Å². The van der Waals surface area contributed by atoms with Crippen LogP contribution in [-0.4, -0.2) is 9.97 Å². The van der Waals surface area contributed by atoms with E-state index in [1.54, 1.807) is 17.4 Å². The number of rotatable bonds is 2. The minimum Gasteiger partial charge on any atom is -0.359 e. The Balaban J connectivity index is 2.01. The summed E-state index contributed by atoms with van der Waals surface area (Å²) in [7, 11) is 0. The summed E-state index contributed by atoms with van der Waals surface area (Å²) in [5, 5.41) is 11.9. The Labute approximate surface area is 108 Å². The van der Waals surface area contributed by atoms with Gasteiger partial charge in [-0.15, -0.1) is 11.3 Å². The molecule has 0 aliphatic rings. The highest BCUT2D eigenvalue weighted by Crippen LogP contribution is 2.28. The molecule has 0 aliphatic heterocycles. The molecule has 0 atom stereocenters. The average molecular weight is 251 g/mol. The van der Waals surface area contributed by atoms with E-state index in [0.29, 0.717) is 5.56 Å². The Morgan fingerprint density at radius 3 is 2.94 bits per heavy atom. The molecule has 18 heavy (non-hydrogen) atoms. The van der Waals surface area contributed by atoms with E-state index in [1.807, 2.05) is 41.9 Å². The van der Waals surface area contributed by atoms with Gasteiger partial charge in [-0.1, -0.05) is 12.1 Å². The number of aromatic nitrogens is 2. The monoisotopic (exact) mass is 251 g/mol. The summed E-state index contributed by atoms with van der Waals surface area (Å²) >= 11 is 1.59. The summed E-state index contributed by atoms with van der Waals surface area (Å²) in [6, 6.07) is 13.6. The highest BCUT2D eigenvalue weighted by atomic mass is 32.1. The standard InChI is InChI=1S/C14H9N3S/c15-8-10-3-1-4-11(7-10)13-9-18-14(17-13)12-5-2-6-16-12/h1-7,9,16H. The molecule has 0 aliphatic carbocycles. The van der Waals surface area contributed by atoms with Gasteiger partial charge in [-0.2, -0.15) is 5.26 Å². The van der Waals surface area contributed by atoms with E-state index in [-0.39, 0.29) is 0 Å². The van der Waals surface area contributed by atoms with Gasteiger partial charge in [-0.3, -0.25) is 0 Å². The lowest BCUT2D eigenvalue weighted by Gasteiger charge is -1.96. The molecule has 2 heterocycles. The van der Waals surface area contributed by atoms with Crippen LogP contribution in [0, 0.1) is 11.3 Å². The fraction of sp³-hybridized carbons (Fsp3) is 0. The molecule has 0 saturated heterocycles. The first kappa shape index (κ1) is 10.8. The van der Waals surface area contributed by atoms with Gasteiger partial charge in [0.1, 0.15) is 5.01 Å². The molecule has 0 bridgehead atoms. The Morgan fingerprint density at radius 1 is 1.22 bits per heavy atom. The summed E-state index contributed by atoms with van der Waals surface area (Å²) in [5.41, 5.74) is 3.55. The van der Waals surface area contributed by atoms with Gasteiger partial charge in [-0.25, -0.2) is 4.98 Å². The first-order valence-corrected chi connectivity index (χ1v) is 6.34. The van der Waals surface area contributed by atoms with Crippen molar-refractivity contribution < 1.29 is 0 Å². The number of aromatic amines is 1. The minimum atomic E-state index is 0.655. The zero-order valence-electron chi connectivity index (χ0n) is 9.42. The largest absolute Gasteiger partial charge is 0.359 e. The topological polar surface area (TPSA) is 52.5 Å². The normalized spacial score (nSPS) is 10.2. The molecule has 4 heteroatoms.